The fourth-order valence-corrected chi connectivity index (χ4v) is 3.26. The number of nitrogens with zero attached hydrogens (tertiary/aromatic N) is 2. The Labute approximate surface area is 213 Å². The summed E-state index contributed by atoms with van der Waals surface area (Å²) in [7, 11) is 1.76. The number of aliphatic imine (C=N–C) groups is 1. The Kier molecular flexibility index (Phi) is 12.9. The van der Waals surface area contributed by atoms with Crippen LogP contribution in [0.5, 0.6) is 17.4 Å². The normalized spacial score (nSPS) is 15.6. The van der Waals surface area contributed by atoms with Gasteiger partial charge >= 0.3 is 0 Å². The third-order valence-corrected chi connectivity index (χ3v) is 4.98. The molecule has 0 bridgehead atoms. The largest absolute Gasteiger partial charge is 0.494 e. The highest BCUT2D eigenvalue weighted by Crippen LogP contribution is 2.23. The number of hydrogen-bond acceptors (Lipinski definition) is 6. The Morgan fingerprint density at radius 1 is 1.18 bits per heavy atom. The summed E-state index contributed by atoms with van der Waals surface area (Å²) in [6, 6.07) is 11.4. The topological polar surface area (TPSA) is 86.2 Å². The predicted octanol–water partition coefficient (Wildman–Crippen LogP) is 4.00. The molecule has 0 aliphatic carbocycles. The Hall–Kier alpha value is -2.11. The molecule has 1 aromatic heterocycles. The van der Waals surface area contributed by atoms with Crippen molar-refractivity contribution in [1.82, 2.24) is 15.6 Å². The van der Waals surface area contributed by atoms with Crippen molar-refractivity contribution in [3.63, 3.8) is 0 Å². The van der Waals surface area contributed by atoms with E-state index in [4.69, 9.17) is 18.9 Å². The number of rotatable bonds is 12. The molecule has 1 unspecified atom stereocenters. The second-order valence-electron chi connectivity index (χ2n) is 7.52. The highest BCUT2D eigenvalue weighted by molar-refractivity contribution is 14.0. The Balaban J connectivity index is 0.00000385. The van der Waals surface area contributed by atoms with Crippen molar-refractivity contribution in [2.75, 3.05) is 46.6 Å². The molecule has 1 saturated heterocycles. The first-order chi connectivity index (χ1) is 15.8. The monoisotopic (exact) mass is 570 g/mol. The van der Waals surface area contributed by atoms with Gasteiger partial charge in [0, 0.05) is 51.5 Å². The molecule has 2 heterocycles. The summed E-state index contributed by atoms with van der Waals surface area (Å²) < 4.78 is 22.4. The molecule has 0 radical (unpaired) electrons. The fraction of sp³-hybridized carbons (Fsp3) is 0.500. The van der Waals surface area contributed by atoms with Gasteiger partial charge < -0.3 is 29.6 Å². The summed E-state index contributed by atoms with van der Waals surface area (Å²) in [4.78, 5) is 8.57. The molecular weight excluding hydrogens is 535 g/mol. The summed E-state index contributed by atoms with van der Waals surface area (Å²) in [6.07, 6.45) is 3.77. The zero-order chi connectivity index (χ0) is 22.4. The van der Waals surface area contributed by atoms with Gasteiger partial charge in [-0.3, -0.25) is 4.99 Å². The van der Waals surface area contributed by atoms with Crippen LogP contribution in [-0.4, -0.2) is 57.6 Å². The van der Waals surface area contributed by atoms with Gasteiger partial charge in [0.2, 0.25) is 5.88 Å². The van der Waals surface area contributed by atoms with Crippen LogP contribution in [0.4, 0.5) is 0 Å². The van der Waals surface area contributed by atoms with Crippen LogP contribution in [0.25, 0.3) is 0 Å². The highest BCUT2D eigenvalue weighted by atomic mass is 127. The van der Waals surface area contributed by atoms with Crippen molar-refractivity contribution in [3.8, 4) is 17.4 Å². The summed E-state index contributed by atoms with van der Waals surface area (Å²) in [6.45, 7) is 7.22. The number of halogens is 1. The number of aromatic nitrogens is 1. The van der Waals surface area contributed by atoms with E-state index < -0.39 is 0 Å². The van der Waals surface area contributed by atoms with Crippen LogP contribution in [0.2, 0.25) is 0 Å². The lowest BCUT2D eigenvalue weighted by molar-refractivity contribution is 0.0888. The maximum atomic E-state index is 5.86. The molecule has 2 N–H and O–H groups in total. The zero-order valence-corrected chi connectivity index (χ0v) is 21.7. The number of hydrogen-bond donors (Lipinski definition) is 2. The van der Waals surface area contributed by atoms with Gasteiger partial charge in [0.25, 0.3) is 0 Å². The summed E-state index contributed by atoms with van der Waals surface area (Å²) in [5.41, 5.74) is 1.05. The summed E-state index contributed by atoms with van der Waals surface area (Å²) >= 11 is 0. The molecular formula is C24H35IN4O4. The molecule has 0 amide bonds. The molecule has 182 valence electrons. The van der Waals surface area contributed by atoms with E-state index in [9.17, 15) is 0 Å². The van der Waals surface area contributed by atoms with Gasteiger partial charge in [-0.15, -0.1) is 24.0 Å². The smallest absolute Gasteiger partial charge is 0.219 e. The molecule has 2 aromatic rings. The van der Waals surface area contributed by atoms with E-state index >= 15 is 0 Å². The Morgan fingerprint density at radius 3 is 2.73 bits per heavy atom. The van der Waals surface area contributed by atoms with Crippen molar-refractivity contribution in [1.29, 1.82) is 0 Å². The van der Waals surface area contributed by atoms with E-state index in [2.05, 4.69) is 20.6 Å². The van der Waals surface area contributed by atoms with Crippen LogP contribution in [0, 0.1) is 5.92 Å². The highest BCUT2D eigenvalue weighted by Gasteiger charge is 2.15. The molecule has 33 heavy (non-hydrogen) atoms. The lowest BCUT2D eigenvalue weighted by Crippen LogP contribution is -2.37. The van der Waals surface area contributed by atoms with E-state index in [1.165, 1.54) is 0 Å². The maximum absolute atomic E-state index is 5.86. The van der Waals surface area contributed by atoms with Gasteiger partial charge in [0.15, 0.2) is 5.96 Å². The third kappa shape index (κ3) is 10.1. The molecule has 1 aliphatic heterocycles. The summed E-state index contributed by atoms with van der Waals surface area (Å²) in [5, 5.41) is 6.63. The molecule has 9 heteroatoms. The van der Waals surface area contributed by atoms with Crippen molar-refractivity contribution in [3.05, 3.63) is 48.2 Å². The van der Waals surface area contributed by atoms with Crippen LogP contribution in [0.3, 0.4) is 0 Å². The van der Waals surface area contributed by atoms with Crippen molar-refractivity contribution in [2.24, 2.45) is 10.9 Å². The Bertz CT molecular complexity index is 829. The predicted molar refractivity (Wildman–Crippen MR) is 140 cm³/mol. The van der Waals surface area contributed by atoms with Crippen LogP contribution in [0.1, 0.15) is 25.3 Å². The lowest BCUT2D eigenvalue weighted by Gasteiger charge is -2.13. The van der Waals surface area contributed by atoms with Gasteiger partial charge in [-0.05, 0) is 55.7 Å². The standard InChI is InChI=1S/C24H34N4O4.HI/c1-3-31-21-5-7-22(8-6-21)32-23-15-19(9-12-26-23)16-28-24(25-2)27-11-4-13-29-17-20-10-14-30-18-20;/h5-9,12,15,20H,3-4,10-11,13-14,16-18H2,1-2H3,(H2,25,27,28);1H. The minimum absolute atomic E-state index is 0. The summed E-state index contributed by atoms with van der Waals surface area (Å²) in [5.74, 6) is 3.38. The van der Waals surface area contributed by atoms with E-state index in [0.29, 0.717) is 30.7 Å². The second-order valence-corrected chi connectivity index (χ2v) is 7.52. The van der Waals surface area contributed by atoms with Gasteiger partial charge in [0.05, 0.1) is 19.8 Å². The first-order valence-electron chi connectivity index (χ1n) is 11.2. The van der Waals surface area contributed by atoms with E-state index in [1.54, 1.807) is 13.2 Å². The van der Waals surface area contributed by atoms with Crippen LogP contribution in [0.15, 0.2) is 47.6 Å². The van der Waals surface area contributed by atoms with Crippen molar-refractivity contribution >= 4 is 29.9 Å². The average molecular weight is 570 g/mol. The molecule has 0 spiro atoms. The molecule has 1 atom stereocenters. The Morgan fingerprint density at radius 2 is 2.00 bits per heavy atom. The number of nitrogens with one attached hydrogen (secondary N) is 2. The van der Waals surface area contributed by atoms with E-state index in [1.807, 2.05) is 43.3 Å². The van der Waals surface area contributed by atoms with Gasteiger partial charge in [-0.25, -0.2) is 4.98 Å². The number of pyridine rings is 1. The fourth-order valence-electron chi connectivity index (χ4n) is 3.26. The van der Waals surface area contributed by atoms with Crippen LogP contribution < -0.4 is 20.1 Å². The van der Waals surface area contributed by atoms with Gasteiger partial charge in [0.1, 0.15) is 11.5 Å². The molecule has 1 fully saturated rings. The molecule has 0 saturated carbocycles. The lowest BCUT2D eigenvalue weighted by atomic mass is 10.1. The first-order valence-corrected chi connectivity index (χ1v) is 11.2. The molecule has 1 aromatic carbocycles. The molecule has 3 rings (SSSR count). The third-order valence-electron chi connectivity index (χ3n) is 4.98. The van der Waals surface area contributed by atoms with Crippen molar-refractivity contribution in [2.45, 2.75) is 26.3 Å². The van der Waals surface area contributed by atoms with Gasteiger partial charge in [-0.1, -0.05) is 0 Å². The minimum atomic E-state index is 0. The second kappa shape index (κ2) is 15.7. The first kappa shape index (κ1) is 27.1. The van der Waals surface area contributed by atoms with Crippen LogP contribution >= 0.6 is 24.0 Å². The average Bonchev–Trinajstić information content (AvgIpc) is 3.33. The van der Waals surface area contributed by atoms with E-state index in [0.717, 1.165) is 63.1 Å². The SMILES string of the molecule is CCOc1ccc(Oc2cc(CNC(=NC)NCCCOCC3CCOC3)ccn2)cc1.I. The minimum Gasteiger partial charge on any atom is -0.494 e. The number of guanidine groups is 1. The quantitative estimate of drug-likeness (QED) is 0.173. The number of benzene rings is 1. The number of ether oxygens (including phenoxy) is 4. The maximum Gasteiger partial charge on any atom is 0.219 e. The van der Waals surface area contributed by atoms with E-state index in [-0.39, 0.29) is 24.0 Å². The molecule has 8 nitrogen and oxygen atoms in total. The zero-order valence-electron chi connectivity index (χ0n) is 19.4. The van der Waals surface area contributed by atoms with Crippen molar-refractivity contribution < 1.29 is 18.9 Å². The van der Waals surface area contributed by atoms with Crippen LogP contribution in [-0.2, 0) is 16.0 Å². The van der Waals surface area contributed by atoms with Gasteiger partial charge in [-0.2, -0.15) is 0 Å². The molecule has 1 aliphatic rings.